The fraction of sp³-hybridized carbons (Fsp3) is 0.407. The number of hydrogen-bond donors (Lipinski definition) is 2. The zero-order valence-electron chi connectivity index (χ0n) is 21.3. The summed E-state index contributed by atoms with van der Waals surface area (Å²) in [6, 6.07) is 12.9. The third-order valence-electron chi connectivity index (χ3n) is 6.91. The van der Waals surface area contributed by atoms with Crippen molar-refractivity contribution in [3.05, 3.63) is 50.0 Å². The van der Waals surface area contributed by atoms with E-state index in [1.165, 1.54) is 23.8 Å². The van der Waals surface area contributed by atoms with Crippen molar-refractivity contribution in [3.8, 4) is 12.1 Å². The molecule has 1 aromatic carbocycles. The second-order valence-corrected chi connectivity index (χ2v) is 10.3. The van der Waals surface area contributed by atoms with Gasteiger partial charge in [0.1, 0.15) is 21.8 Å². The van der Waals surface area contributed by atoms with E-state index in [0.717, 1.165) is 34.3 Å². The number of hydrogen-bond acceptors (Lipinski definition) is 7. The molecule has 1 aliphatic rings. The zero-order chi connectivity index (χ0) is 26.5. The molecule has 3 aromatic rings. The number of likely N-dealkylation sites (N-methyl/N-ethyl adjacent to an activating group) is 1. The Morgan fingerprint density at radius 2 is 2.03 bits per heavy atom. The number of nitriles is 2. The first-order chi connectivity index (χ1) is 17.9. The Balaban J connectivity index is 1.71. The van der Waals surface area contributed by atoms with Gasteiger partial charge in [-0.3, -0.25) is 14.2 Å². The number of thiazole rings is 1. The summed E-state index contributed by atoms with van der Waals surface area (Å²) in [6.45, 7) is 1.88. The number of nitrogens with zero attached hydrogens (tertiary/aromatic N) is 5. The van der Waals surface area contributed by atoms with Crippen molar-refractivity contribution < 1.29 is 4.79 Å². The van der Waals surface area contributed by atoms with Gasteiger partial charge in [0, 0.05) is 36.7 Å². The van der Waals surface area contributed by atoms with Crippen molar-refractivity contribution in [1.82, 2.24) is 19.4 Å². The Morgan fingerprint density at radius 3 is 2.73 bits per heavy atom. The molecule has 192 valence electrons. The fourth-order valence-electron chi connectivity index (χ4n) is 5.09. The predicted octanol–water partition coefficient (Wildman–Crippen LogP) is 2.09. The summed E-state index contributed by atoms with van der Waals surface area (Å²) in [5, 5.41) is 25.1. The van der Waals surface area contributed by atoms with Crippen molar-refractivity contribution in [1.29, 1.82) is 10.5 Å². The molecule has 1 saturated carbocycles. The van der Waals surface area contributed by atoms with Crippen molar-refractivity contribution in [3.63, 3.8) is 0 Å². The average Bonchev–Trinajstić information content (AvgIpc) is 3.46. The Kier molecular flexibility index (Phi) is 8.12. The highest BCUT2D eigenvalue weighted by Gasteiger charge is 2.28. The SMILES string of the molecule is CCn1c(=O)/c(=C\Nc2ccc3ccn([C@H]4CCCC[C@H]4N(C)C)c3c2)s/c1=C(\C#N)C(=O)NCC#N. The molecule has 10 heteroatoms. The minimum absolute atomic E-state index is 0.180. The Hall–Kier alpha value is -3.86. The van der Waals surface area contributed by atoms with Crippen LogP contribution in [0.1, 0.15) is 38.6 Å². The highest BCUT2D eigenvalue weighted by atomic mass is 32.1. The first kappa shape index (κ1) is 26.2. The molecule has 4 rings (SSSR count). The van der Waals surface area contributed by atoms with Crippen LogP contribution in [0.25, 0.3) is 22.7 Å². The van der Waals surface area contributed by atoms with E-state index >= 15 is 0 Å². The van der Waals surface area contributed by atoms with Gasteiger partial charge in [0.05, 0.1) is 11.6 Å². The summed E-state index contributed by atoms with van der Waals surface area (Å²) in [7, 11) is 4.30. The summed E-state index contributed by atoms with van der Waals surface area (Å²) in [5.74, 6) is -0.669. The molecule has 0 radical (unpaired) electrons. The molecule has 0 bridgehead atoms. The molecule has 9 nitrogen and oxygen atoms in total. The molecule has 1 fully saturated rings. The van der Waals surface area contributed by atoms with Crippen LogP contribution in [0.2, 0.25) is 0 Å². The summed E-state index contributed by atoms with van der Waals surface area (Å²) in [6.07, 6.45) is 8.61. The van der Waals surface area contributed by atoms with E-state index in [2.05, 4.69) is 58.6 Å². The molecular weight excluding hydrogens is 486 g/mol. The minimum Gasteiger partial charge on any atom is -0.360 e. The summed E-state index contributed by atoms with van der Waals surface area (Å²) >= 11 is 1.08. The Bertz CT molecular complexity index is 1560. The van der Waals surface area contributed by atoms with Gasteiger partial charge in [-0.1, -0.05) is 18.9 Å². The second-order valence-electron chi connectivity index (χ2n) is 9.32. The first-order valence-corrected chi connectivity index (χ1v) is 13.2. The molecule has 37 heavy (non-hydrogen) atoms. The molecule has 2 heterocycles. The van der Waals surface area contributed by atoms with Crippen LogP contribution in [-0.2, 0) is 11.3 Å². The molecule has 2 atom stereocenters. The van der Waals surface area contributed by atoms with Crippen LogP contribution in [0.15, 0.2) is 35.3 Å². The van der Waals surface area contributed by atoms with E-state index in [-0.39, 0.29) is 22.3 Å². The Labute approximate surface area is 219 Å². The Morgan fingerprint density at radius 1 is 1.24 bits per heavy atom. The van der Waals surface area contributed by atoms with E-state index in [1.807, 2.05) is 18.2 Å². The van der Waals surface area contributed by atoms with Gasteiger partial charge in [-0.2, -0.15) is 10.5 Å². The van der Waals surface area contributed by atoms with Crippen LogP contribution in [0.3, 0.4) is 0 Å². The highest BCUT2D eigenvalue weighted by molar-refractivity contribution is 7.07. The lowest BCUT2D eigenvalue weighted by Crippen LogP contribution is -2.38. The van der Waals surface area contributed by atoms with E-state index in [9.17, 15) is 14.9 Å². The van der Waals surface area contributed by atoms with Crippen LogP contribution in [0.4, 0.5) is 5.69 Å². The summed E-state index contributed by atoms with van der Waals surface area (Å²) < 4.78 is 4.44. The molecular formula is C27H31N7O2S. The van der Waals surface area contributed by atoms with Crippen molar-refractivity contribution in [2.24, 2.45) is 0 Å². The lowest BCUT2D eigenvalue weighted by atomic mass is 9.89. The normalized spacial score (nSPS) is 18.9. The fourth-order valence-corrected chi connectivity index (χ4v) is 6.18. The third kappa shape index (κ3) is 5.31. The topological polar surface area (TPSA) is 119 Å². The maximum Gasteiger partial charge on any atom is 0.270 e. The van der Waals surface area contributed by atoms with Gasteiger partial charge in [0.2, 0.25) is 0 Å². The van der Waals surface area contributed by atoms with Gasteiger partial charge < -0.3 is 20.1 Å². The van der Waals surface area contributed by atoms with Crippen LogP contribution in [0, 0.1) is 22.7 Å². The predicted molar refractivity (Wildman–Crippen MR) is 146 cm³/mol. The largest absolute Gasteiger partial charge is 0.360 e. The molecule has 0 unspecified atom stereocenters. The molecule has 1 aliphatic carbocycles. The van der Waals surface area contributed by atoms with Crippen LogP contribution in [-0.4, -0.2) is 46.6 Å². The number of fused-ring (bicyclic) bond motifs is 1. The molecule has 1 amide bonds. The van der Waals surface area contributed by atoms with Crippen molar-refractivity contribution >= 4 is 45.6 Å². The number of carbonyl (C=O) groups excluding carboxylic acids is 1. The number of carbonyl (C=O) groups is 1. The van der Waals surface area contributed by atoms with Gasteiger partial charge >= 0.3 is 0 Å². The van der Waals surface area contributed by atoms with Crippen LogP contribution in [0.5, 0.6) is 0 Å². The van der Waals surface area contributed by atoms with Crippen LogP contribution >= 0.6 is 11.3 Å². The third-order valence-corrected chi connectivity index (χ3v) is 8.04. The summed E-state index contributed by atoms with van der Waals surface area (Å²) in [4.78, 5) is 27.7. The number of amides is 1. The van der Waals surface area contributed by atoms with Gasteiger partial charge in [-0.25, -0.2) is 0 Å². The molecule has 0 aliphatic heterocycles. The number of aromatic nitrogens is 2. The molecule has 2 aromatic heterocycles. The van der Waals surface area contributed by atoms with Crippen molar-refractivity contribution in [2.45, 2.75) is 51.2 Å². The summed E-state index contributed by atoms with van der Waals surface area (Å²) in [5.41, 5.74) is 1.53. The van der Waals surface area contributed by atoms with E-state index in [4.69, 9.17) is 5.26 Å². The van der Waals surface area contributed by atoms with Gasteiger partial charge in [0.15, 0.2) is 5.57 Å². The van der Waals surface area contributed by atoms with E-state index < -0.39 is 5.91 Å². The quantitative estimate of drug-likeness (QED) is 0.464. The van der Waals surface area contributed by atoms with Crippen molar-refractivity contribution in [2.75, 3.05) is 26.0 Å². The lowest BCUT2D eigenvalue weighted by Gasteiger charge is -2.37. The second kappa shape index (κ2) is 11.5. The van der Waals surface area contributed by atoms with E-state index in [1.54, 1.807) is 13.1 Å². The lowest BCUT2D eigenvalue weighted by molar-refractivity contribution is -0.115. The average molecular weight is 518 g/mol. The number of rotatable bonds is 7. The zero-order valence-corrected chi connectivity index (χ0v) is 22.1. The standard InChI is InChI=1S/C27H31N7O2S/c1-4-33-26(36)24(37-27(33)20(16-29)25(35)30-13-12-28)17-31-19-10-9-18-11-14-34(23(18)15-19)22-8-6-5-7-21(22)32(2)3/h9-11,14-15,17,21-22,31H,4-8,13H2,1-3H3,(H,30,35)/b24-17+,27-20+/t21-,22+/m1/s1. The first-order valence-electron chi connectivity index (χ1n) is 12.4. The maximum atomic E-state index is 13.0. The van der Waals surface area contributed by atoms with Gasteiger partial charge in [-0.15, -0.1) is 11.3 Å². The van der Waals surface area contributed by atoms with E-state index in [0.29, 0.717) is 23.2 Å². The number of benzene rings is 1. The molecule has 0 spiro atoms. The number of anilines is 1. The van der Waals surface area contributed by atoms with Crippen LogP contribution < -0.4 is 25.4 Å². The number of nitrogens with one attached hydrogen (secondary N) is 2. The molecule has 2 N–H and O–H groups in total. The maximum absolute atomic E-state index is 13.0. The minimum atomic E-state index is -0.669. The monoisotopic (exact) mass is 517 g/mol. The smallest absolute Gasteiger partial charge is 0.270 e. The van der Waals surface area contributed by atoms with Gasteiger partial charge in [0.25, 0.3) is 11.5 Å². The molecule has 0 saturated heterocycles. The van der Waals surface area contributed by atoms with Gasteiger partial charge in [-0.05, 0) is 57.4 Å². The highest BCUT2D eigenvalue weighted by Crippen LogP contribution is 2.34.